The number of piperidine rings is 1. The highest BCUT2D eigenvalue weighted by molar-refractivity contribution is 6.06. The quantitative estimate of drug-likeness (QED) is 0.233. The molecular weight excluding hydrogens is 685 g/mol. The minimum absolute atomic E-state index is 0.0219. The van der Waals surface area contributed by atoms with Crippen LogP contribution in [-0.2, 0) is 4.79 Å². The SMILES string of the molecule is CC(=O)c1c(C)c2cnc(Nc3ccc(N4CCC(N5CCN(c6ccc(N7CCC(=O)NC7=O)c(C)c6)CC5)CC4)cn3)nc2n(C2CCCC2)c1=O. The number of rotatable bonds is 8. The van der Waals surface area contributed by atoms with Gasteiger partial charge in [0, 0.05) is 87.3 Å². The van der Waals surface area contributed by atoms with E-state index in [1.165, 1.54) is 12.6 Å². The number of nitrogens with zero attached hydrogens (tertiary/aromatic N) is 8. The molecular formula is C40H48N10O4. The van der Waals surface area contributed by atoms with Crippen molar-refractivity contribution >= 4 is 57.6 Å². The lowest BCUT2D eigenvalue weighted by atomic mass is 10.0. The Morgan fingerprint density at radius 2 is 1.54 bits per heavy atom. The van der Waals surface area contributed by atoms with Gasteiger partial charge in [0.05, 0.1) is 17.4 Å². The fourth-order valence-electron chi connectivity index (χ4n) is 8.84. The number of urea groups is 1. The van der Waals surface area contributed by atoms with Gasteiger partial charge in [0.1, 0.15) is 11.5 Å². The molecule has 4 aromatic rings. The van der Waals surface area contributed by atoms with E-state index in [4.69, 9.17) is 9.97 Å². The molecule has 14 heteroatoms. The van der Waals surface area contributed by atoms with Crippen LogP contribution in [0.15, 0.2) is 47.5 Å². The highest BCUT2D eigenvalue weighted by Crippen LogP contribution is 2.33. The van der Waals surface area contributed by atoms with Crippen molar-refractivity contribution in [3.8, 4) is 0 Å². The van der Waals surface area contributed by atoms with Crippen molar-refractivity contribution in [3.63, 3.8) is 0 Å². The third-order valence-corrected chi connectivity index (χ3v) is 11.8. The summed E-state index contributed by atoms with van der Waals surface area (Å²) in [5, 5.41) is 6.37. The number of imide groups is 1. The molecule has 54 heavy (non-hydrogen) atoms. The second-order valence-corrected chi connectivity index (χ2v) is 15.1. The van der Waals surface area contributed by atoms with E-state index in [0.29, 0.717) is 42.0 Å². The Kier molecular flexibility index (Phi) is 9.78. The molecule has 3 aliphatic heterocycles. The van der Waals surface area contributed by atoms with E-state index in [-0.39, 0.29) is 34.9 Å². The molecule has 1 aliphatic carbocycles. The third kappa shape index (κ3) is 6.90. The monoisotopic (exact) mass is 732 g/mol. The molecule has 6 heterocycles. The van der Waals surface area contributed by atoms with Crippen molar-refractivity contribution in [3.05, 3.63) is 69.8 Å². The Bertz CT molecular complexity index is 2150. The summed E-state index contributed by atoms with van der Waals surface area (Å²) in [4.78, 5) is 73.1. The van der Waals surface area contributed by atoms with Crippen molar-refractivity contribution in [1.29, 1.82) is 0 Å². The number of carbonyl (C=O) groups excluding carboxylic acids is 3. The van der Waals surface area contributed by atoms with Gasteiger partial charge in [-0.25, -0.2) is 14.8 Å². The maximum atomic E-state index is 13.6. The molecule has 3 saturated heterocycles. The summed E-state index contributed by atoms with van der Waals surface area (Å²) >= 11 is 0. The van der Waals surface area contributed by atoms with Crippen LogP contribution in [0.3, 0.4) is 0 Å². The van der Waals surface area contributed by atoms with Gasteiger partial charge in [-0.05, 0) is 87.9 Å². The average Bonchev–Trinajstić information content (AvgIpc) is 3.70. The summed E-state index contributed by atoms with van der Waals surface area (Å²) in [7, 11) is 0. The highest BCUT2D eigenvalue weighted by atomic mass is 16.2. The van der Waals surface area contributed by atoms with Crippen LogP contribution in [0.25, 0.3) is 11.0 Å². The Hall–Kier alpha value is -5.37. The third-order valence-electron chi connectivity index (χ3n) is 11.8. The Labute approximate surface area is 314 Å². The molecule has 1 aromatic carbocycles. The number of hydrogen-bond donors (Lipinski definition) is 2. The predicted molar refractivity (Wildman–Crippen MR) is 209 cm³/mol. The maximum absolute atomic E-state index is 13.6. The number of fused-ring (bicyclic) bond motifs is 1. The molecule has 282 valence electrons. The van der Waals surface area contributed by atoms with Gasteiger partial charge in [-0.3, -0.25) is 34.1 Å². The largest absolute Gasteiger partial charge is 0.370 e. The fourth-order valence-corrected chi connectivity index (χ4v) is 8.84. The smallest absolute Gasteiger partial charge is 0.328 e. The van der Waals surface area contributed by atoms with Crippen LogP contribution >= 0.6 is 0 Å². The second kappa shape index (κ2) is 14.8. The lowest BCUT2D eigenvalue weighted by Gasteiger charge is -2.44. The second-order valence-electron chi connectivity index (χ2n) is 15.1. The number of amides is 3. The summed E-state index contributed by atoms with van der Waals surface area (Å²) < 4.78 is 1.73. The molecule has 2 N–H and O–H groups in total. The maximum Gasteiger partial charge on any atom is 0.328 e. The first-order valence-corrected chi connectivity index (χ1v) is 19.3. The molecule has 4 fully saturated rings. The van der Waals surface area contributed by atoms with Gasteiger partial charge in [0.2, 0.25) is 11.9 Å². The van der Waals surface area contributed by atoms with Crippen molar-refractivity contribution in [2.75, 3.05) is 65.8 Å². The summed E-state index contributed by atoms with van der Waals surface area (Å²) in [5.41, 5.74) is 5.27. The molecule has 0 bridgehead atoms. The Morgan fingerprint density at radius 1 is 0.815 bits per heavy atom. The topological polar surface area (TPSA) is 149 Å². The zero-order valence-corrected chi connectivity index (χ0v) is 31.3. The minimum Gasteiger partial charge on any atom is -0.370 e. The highest BCUT2D eigenvalue weighted by Gasteiger charge is 2.30. The number of carbonyl (C=O) groups is 3. The number of pyridine rings is 2. The van der Waals surface area contributed by atoms with Crippen LogP contribution in [0, 0.1) is 13.8 Å². The normalized spacial score (nSPS) is 19.1. The van der Waals surface area contributed by atoms with E-state index >= 15 is 0 Å². The Morgan fingerprint density at radius 3 is 2.20 bits per heavy atom. The lowest BCUT2D eigenvalue weighted by Crippen LogP contribution is -2.53. The molecule has 14 nitrogen and oxygen atoms in total. The zero-order valence-electron chi connectivity index (χ0n) is 31.3. The number of anilines is 5. The van der Waals surface area contributed by atoms with Crippen molar-refractivity contribution in [2.45, 2.75) is 77.8 Å². The summed E-state index contributed by atoms with van der Waals surface area (Å²) in [6, 6.07) is 10.5. The van der Waals surface area contributed by atoms with Crippen LogP contribution in [0.1, 0.15) is 79.4 Å². The van der Waals surface area contributed by atoms with E-state index < -0.39 is 0 Å². The molecule has 0 spiro atoms. The van der Waals surface area contributed by atoms with E-state index in [1.54, 1.807) is 22.6 Å². The molecule has 0 radical (unpaired) electrons. The number of Topliss-reactive ketones (excluding diaryl/α,β-unsaturated/α-hetero) is 1. The van der Waals surface area contributed by atoms with Gasteiger partial charge in [0.15, 0.2) is 5.78 Å². The van der Waals surface area contributed by atoms with Gasteiger partial charge >= 0.3 is 6.03 Å². The first kappa shape index (κ1) is 35.6. The number of aromatic nitrogens is 4. The fraction of sp³-hybridized carbons (Fsp3) is 0.475. The number of nitrogens with one attached hydrogen (secondary N) is 2. The summed E-state index contributed by atoms with van der Waals surface area (Å²) in [6.45, 7) is 11.5. The average molecular weight is 733 g/mol. The summed E-state index contributed by atoms with van der Waals surface area (Å²) in [6.07, 6.45) is 9.98. The molecule has 1 saturated carbocycles. The van der Waals surface area contributed by atoms with E-state index in [9.17, 15) is 19.2 Å². The number of benzene rings is 1. The van der Waals surface area contributed by atoms with Crippen molar-refractivity contribution < 1.29 is 14.4 Å². The first-order chi connectivity index (χ1) is 26.1. The summed E-state index contributed by atoms with van der Waals surface area (Å²) in [5.74, 6) is 0.528. The zero-order chi connectivity index (χ0) is 37.5. The minimum atomic E-state index is -0.352. The Balaban J connectivity index is 0.862. The standard InChI is InChI=1S/C40H48N10O4/c1-25-22-30(8-10-33(25)49-17-14-35(52)44-40(49)54)48-20-18-47(19-21-48)28-12-15-46(16-13-28)31-9-11-34(41-23-31)43-39-42-24-32-26(2)36(27(3)51)38(53)50(37(32)45-39)29-6-4-5-7-29/h8-11,22-24,28-29H,4-7,12-21H2,1-3H3,(H,44,52,54)(H,41,42,43,45). The molecule has 8 rings (SSSR count). The van der Waals surface area contributed by atoms with Crippen molar-refractivity contribution in [2.24, 2.45) is 0 Å². The van der Waals surface area contributed by atoms with Crippen molar-refractivity contribution in [1.82, 2.24) is 29.7 Å². The number of piperazine rings is 1. The molecule has 0 unspecified atom stereocenters. The molecule has 3 aromatic heterocycles. The van der Waals surface area contributed by atoms with E-state index in [1.807, 2.05) is 25.3 Å². The number of aryl methyl sites for hydroxylation is 2. The van der Waals surface area contributed by atoms with Gasteiger partial charge in [-0.1, -0.05) is 12.8 Å². The van der Waals surface area contributed by atoms with Crippen LogP contribution < -0.4 is 30.9 Å². The van der Waals surface area contributed by atoms with Gasteiger partial charge in [0.25, 0.3) is 5.56 Å². The molecule has 0 atom stereocenters. The lowest BCUT2D eigenvalue weighted by molar-refractivity contribution is -0.120. The van der Waals surface area contributed by atoms with Gasteiger partial charge < -0.3 is 15.1 Å². The van der Waals surface area contributed by atoms with Crippen LogP contribution in [0.4, 0.5) is 33.6 Å². The molecule has 3 amide bonds. The first-order valence-electron chi connectivity index (χ1n) is 19.3. The molecule has 4 aliphatic rings. The van der Waals surface area contributed by atoms with Gasteiger partial charge in [-0.15, -0.1) is 0 Å². The number of ketones is 1. The van der Waals surface area contributed by atoms with Crippen LogP contribution in [-0.4, -0.2) is 94.0 Å². The van der Waals surface area contributed by atoms with E-state index in [2.05, 4.69) is 48.5 Å². The predicted octanol–water partition coefficient (Wildman–Crippen LogP) is 5.10. The van der Waals surface area contributed by atoms with E-state index in [0.717, 1.165) is 100 Å². The van der Waals surface area contributed by atoms with Crippen LogP contribution in [0.2, 0.25) is 0 Å². The van der Waals surface area contributed by atoms with Gasteiger partial charge in [-0.2, -0.15) is 4.98 Å². The number of hydrogen-bond acceptors (Lipinski definition) is 11. The van der Waals surface area contributed by atoms with Crippen LogP contribution in [0.5, 0.6) is 0 Å².